The fourth-order valence-corrected chi connectivity index (χ4v) is 2.58. The van der Waals surface area contributed by atoms with E-state index in [1.54, 1.807) is 25.2 Å². The average Bonchev–Trinajstić information content (AvgIpc) is 2.87. The van der Waals surface area contributed by atoms with Crippen LogP contribution in [0.4, 0.5) is 0 Å². The van der Waals surface area contributed by atoms with Crippen LogP contribution in [0.1, 0.15) is 37.0 Å². The second-order valence-corrected chi connectivity index (χ2v) is 4.99. The van der Waals surface area contributed by atoms with Crippen LogP contribution in [-0.4, -0.2) is 17.1 Å². The molecule has 0 aliphatic carbocycles. The molecule has 0 saturated heterocycles. The molecule has 0 saturated carbocycles. The summed E-state index contributed by atoms with van der Waals surface area (Å²) < 4.78 is 0. The van der Waals surface area contributed by atoms with E-state index in [1.807, 2.05) is 17.5 Å². The van der Waals surface area contributed by atoms with Gasteiger partial charge in [-0.25, -0.2) is 0 Å². The number of hydrogen-bond donors (Lipinski definition) is 1. The molecule has 0 spiro atoms. The smallest absolute Gasteiger partial charge is 0.184 e. The first-order chi connectivity index (χ1) is 8.13. The first kappa shape index (κ1) is 11.8. The zero-order valence-electron chi connectivity index (χ0n) is 9.74. The molecular weight excluding hydrogens is 234 g/mol. The van der Waals surface area contributed by atoms with Crippen LogP contribution in [0.2, 0.25) is 0 Å². The Hall–Kier alpha value is -1.68. The standard InChI is InChI=1S/C13H13NO2S/c1-8-11(7-15)9(2)14-13(8)12(16)6-10-4-3-5-17-10/h3-5,7,14H,6H2,1-2H3. The summed E-state index contributed by atoms with van der Waals surface area (Å²) in [5, 5.41) is 1.95. The number of rotatable bonds is 4. The molecule has 0 amide bonds. The van der Waals surface area contributed by atoms with Crippen LogP contribution in [0.25, 0.3) is 0 Å². The maximum atomic E-state index is 12.1. The number of aromatic nitrogens is 1. The lowest BCUT2D eigenvalue weighted by molar-refractivity contribution is 0.0989. The van der Waals surface area contributed by atoms with Gasteiger partial charge in [-0.2, -0.15) is 0 Å². The minimum absolute atomic E-state index is 0.0288. The predicted molar refractivity (Wildman–Crippen MR) is 68.0 cm³/mol. The van der Waals surface area contributed by atoms with Crippen LogP contribution in [0.3, 0.4) is 0 Å². The number of aryl methyl sites for hydroxylation is 1. The minimum Gasteiger partial charge on any atom is -0.355 e. The van der Waals surface area contributed by atoms with Gasteiger partial charge in [0, 0.05) is 22.6 Å². The lowest BCUT2D eigenvalue weighted by Gasteiger charge is -1.98. The largest absolute Gasteiger partial charge is 0.355 e. The number of H-pyrrole nitrogens is 1. The van der Waals surface area contributed by atoms with Crippen molar-refractivity contribution in [3.63, 3.8) is 0 Å². The van der Waals surface area contributed by atoms with Crippen LogP contribution < -0.4 is 0 Å². The third kappa shape index (κ3) is 2.22. The van der Waals surface area contributed by atoms with Gasteiger partial charge in [0.25, 0.3) is 0 Å². The van der Waals surface area contributed by atoms with E-state index in [0.29, 0.717) is 17.7 Å². The second-order valence-electron chi connectivity index (χ2n) is 3.96. The van der Waals surface area contributed by atoms with Crippen LogP contribution in [-0.2, 0) is 6.42 Å². The first-order valence-electron chi connectivity index (χ1n) is 5.33. The Labute approximate surface area is 103 Å². The summed E-state index contributed by atoms with van der Waals surface area (Å²) >= 11 is 1.56. The molecule has 0 bridgehead atoms. The third-order valence-corrected chi connectivity index (χ3v) is 3.68. The zero-order valence-corrected chi connectivity index (χ0v) is 10.6. The highest BCUT2D eigenvalue weighted by atomic mass is 32.1. The number of thiophene rings is 1. The summed E-state index contributed by atoms with van der Waals surface area (Å²) in [6.45, 7) is 3.60. The molecule has 17 heavy (non-hydrogen) atoms. The summed E-state index contributed by atoms with van der Waals surface area (Å²) in [6, 6.07) is 3.87. The Morgan fingerprint density at radius 2 is 2.24 bits per heavy atom. The van der Waals surface area contributed by atoms with Crippen molar-refractivity contribution in [3.8, 4) is 0 Å². The van der Waals surface area contributed by atoms with E-state index in [-0.39, 0.29) is 5.78 Å². The Bertz CT molecular complexity index is 552. The van der Waals surface area contributed by atoms with E-state index in [1.165, 1.54) is 0 Å². The highest BCUT2D eigenvalue weighted by molar-refractivity contribution is 7.10. The monoisotopic (exact) mass is 247 g/mol. The number of hydrogen-bond acceptors (Lipinski definition) is 3. The van der Waals surface area contributed by atoms with Crippen LogP contribution >= 0.6 is 11.3 Å². The number of nitrogens with one attached hydrogen (secondary N) is 1. The molecule has 2 rings (SSSR count). The number of ketones is 1. The Kier molecular flexibility index (Phi) is 3.24. The van der Waals surface area contributed by atoms with Crippen molar-refractivity contribution in [2.75, 3.05) is 0 Å². The van der Waals surface area contributed by atoms with E-state index in [2.05, 4.69) is 4.98 Å². The van der Waals surface area contributed by atoms with Gasteiger partial charge in [0.05, 0.1) is 5.69 Å². The summed E-state index contributed by atoms with van der Waals surface area (Å²) in [5.41, 5.74) is 2.66. The fraction of sp³-hybridized carbons (Fsp3) is 0.231. The molecule has 0 aliphatic rings. The average molecular weight is 247 g/mol. The molecule has 88 valence electrons. The van der Waals surface area contributed by atoms with Crippen molar-refractivity contribution in [3.05, 3.63) is 44.9 Å². The Morgan fingerprint density at radius 3 is 2.76 bits per heavy atom. The van der Waals surface area contributed by atoms with Gasteiger partial charge >= 0.3 is 0 Å². The molecule has 0 aliphatic heterocycles. The summed E-state index contributed by atoms with van der Waals surface area (Å²) in [6.07, 6.45) is 1.18. The second kappa shape index (κ2) is 4.67. The molecule has 0 aromatic carbocycles. The van der Waals surface area contributed by atoms with Crippen LogP contribution in [0, 0.1) is 13.8 Å². The van der Waals surface area contributed by atoms with Crippen molar-refractivity contribution < 1.29 is 9.59 Å². The van der Waals surface area contributed by atoms with Crippen molar-refractivity contribution in [1.82, 2.24) is 4.98 Å². The zero-order chi connectivity index (χ0) is 12.4. The lowest BCUT2D eigenvalue weighted by atomic mass is 10.1. The minimum atomic E-state index is 0.0288. The Balaban J connectivity index is 2.28. The summed E-state index contributed by atoms with van der Waals surface area (Å²) in [4.78, 5) is 27.0. The van der Waals surface area contributed by atoms with Crippen LogP contribution in [0.5, 0.6) is 0 Å². The molecule has 0 atom stereocenters. The molecule has 2 heterocycles. The van der Waals surface area contributed by atoms with Gasteiger partial charge < -0.3 is 4.98 Å². The molecule has 0 unspecified atom stereocenters. The predicted octanol–water partition coefficient (Wildman–Crippen LogP) is 2.93. The topological polar surface area (TPSA) is 49.9 Å². The van der Waals surface area contributed by atoms with Gasteiger partial charge in [-0.15, -0.1) is 11.3 Å². The van der Waals surface area contributed by atoms with Gasteiger partial charge in [0.15, 0.2) is 12.1 Å². The molecule has 2 aromatic heterocycles. The number of aldehydes is 1. The first-order valence-corrected chi connectivity index (χ1v) is 6.21. The Morgan fingerprint density at radius 1 is 1.47 bits per heavy atom. The molecule has 3 nitrogen and oxygen atoms in total. The lowest BCUT2D eigenvalue weighted by Crippen LogP contribution is -2.04. The third-order valence-electron chi connectivity index (χ3n) is 2.81. The van der Waals surface area contributed by atoms with E-state index in [9.17, 15) is 9.59 Å². The van der Waals surface area contributed by atoms with E-state index in [4.69, 9.17) is 0 Å². The van der Waals surface area contributed by atoms with E-state index >= 15 is 0 Å². The van der Waals surface area contributed by atoms with E-state index in [0.717, 1.165) is 22.4 Å². The molecule has 1 N–H and O–H groups in total. The maximum absolute atomic E-state index is 12.1. The van der Waals surface area contributed by atoms with Crippen LogP contribution in [0.15, 0.2) is 17.5 Å². The highest BCUT2D eigenvalue weighted by Crippen LogP contribution is 2.19. The molecule has 0 fully saturated rings. The molecule has 0 radical (unpaired) electrons. The number of aromatic amines is 1. The van der Waals surface area contributed by atoms with Gasteiger partial charge in [0.2, 0.25) is 0 Å². The maximum Gasteiger partial charge on any atom is 0.184 e. The SMILES string of the molecule is Cc1[nH]c(C(=O)Cc2cccs2)c(C)c1C=O. The fourth-order valence-electron chi connectivity index (χ4n) is 1.88. The summed E-state index contributed by atoms with van der Waals surface area (Å²) in [7, 11) is 0. The molecule has 2 aromatic rings. The van der Waals surface area contributed by atoms with Gasteiger partial charge in [-0.05, 0) is 30.9 Å². The van der Waals surface area contributed by atoms with Crippen molar-refractivity contribution in [1.29, 1.82) is 0 Å². The molecular formula is C13H13NO2S. The highest BCUT2D eigenvalue weighted by Gasteiger charge is 2.17. The number of carbonyl (C=O) groups excluding carboxylic acids is 2. The van der Waals surface area contributed by atoms with Crippen molar-refractivity contribution >= 4 is 23.4 Å². The normalized spacial score (nSPS) is 10.5. The van der Waals surface area contributed by atoms with Crippen molar-refractivity contribution in [2.45, 2.75) is 20.3 Å². The molecule has 4 heteroatoms. The van der Waals surface area contributed by atoms with Gasteiger partial charge in [-0.1, -0.05) is 6.07 Å². The van der Waals surface area contributed by atoms with Crippen molar-refractivity contribution in [2.24, 2.45) is 0 Å². The number of carbonyl (C=O) groups is 2. The van der Waals surface area contributed by atoms with Gasteiger partial charge in [0.1, 0.15) is 0 Å². The quantitative estimate of drug-likeness (QED) is 0.667. The van der Waals surface area contributed by atoms with Gasteiger partial charge in [-0.3, -0.25) is 9.59 Å². The van der Waals surface area contributed by atoms with E-state index < -0.39 is 0 Å². The number of Topliss-reactive ketones (excluding diaryl/α,β-unsaturated/α-hetero) is 1. The summed E-state index contributed by atoms with van der Waals surface area (Å²) in [5.74, 6) is 0.0288.